The molecule has 14 heteroatoms. The van der Waals surface area contributed by atoms with Crippen LogP contribution in [0.2, 0.25) is 0 Å². The van der Waals surface area contributed by atoms with Crippen molar-refractivity contribution in [3.05, 3.63) is 12.2 Å². The molecule has 1 rings (SSSR count). The number of ether oxygens (including phenoxy) is 2. The molecule has 0 saturated heterocycles. The Hall–Kier alpha value is -1.41. The van der Waals surface area contributed by atoms with Crippen LogP contribution in [0, 0.1) is 0 Å². The Bertz CT molecular complexity index is 1030. The summed E-state index contributed by atoms with van der Waals surface area (Å²) in [6.45, 7) is 3.26. The van der Waals surface area contributed by atoms with Gasteiger partial charge >= 0.3 is 19.8 Å². The molecule has 0 spiro atoms. The number of carbonyl (C=O) groups is 2. The summed E-state index contributed by atoms with van der Waals surface area (Å²) in [5.41, 5.74) is 0. The summed E-state index contributed by atoms with van der Waals surface area (Å²) < 4.78 is 33.4. The second-order valence-electron chi connectivity index (χ2n) is 15.2. The summed E-state index contributed by atoms with van der Waals surface area (Å²) in [7, 11) is -5.11. The number of aliphatic hydroxyl groups is 5. The van der Waals surface area contributed by atoms with Crippen LogP contribution in [0.15, 0.2) is 12.2 Å². The largest absolute Gasteiger partial charge is 0.472 e. The van der Waals surface area contributed by atoms with Crippen molar-refractivity contribution < 1.29 is 63.1 Å². The lowest BCUT2D eigenvalue weighted by atomic mass is 9.85. The molecule has 6 atom stereocenters. The summed E-state index contributed by atoms with van der Waals surface area (Å²) in [4.78, 5) is 35.5. The fourth-order valence-electron chi connectivity index (χ4n) is 6.58. The first-order chi connectivity index (χ1) is 26.4. The molecule has 324 valence electrons. The Balaban J connectivity index is 2.50. The molecule has 0 aliphatic heterocycles. The number of phosphoric ester groups is 1. The molecule has 0 bridgehead atoms. The van der Waals surface area contributed by atoms with E-state index >= 15 is 0 Å². The normalized spacial score (nSPS) is 23.1. The summed E-state index contributed by atoms with van der Waals surface area (Å²) in [5, 5.41) is 50.0. The van der Waals surface area contributed by atoms with E-state index < -0.39 is 75.7 Å². The maximum absolute atomic E-state index is 12.8. The van der Waals surface area contributed by atoms with Gasteiger partial charge in [-0.15, -0.1) is 0 Å². The Kier molecular flexibility index (Phi) is 30.5. The monoisotopic (exact) mass is 809 g/mol. The topological polar surface area (TPSA) is 210 Å². The molecular formula is C41H77O13P. The third-order valence-electron chi connectivity index (χ3n) is 10.1. The van der Waals surface area contributed by atoms with E-state index in [9.17, 15) is 44.6 Å². The van der Waals surface area contributed by atoms with Crippen molar-refractivity contribution in [2.24, 2.45) is 0 Å². The van der Waals surface area contributed by atoms with E-state index in [1.807, 2.05) is 0 Å². The van der Waals surface area contributed by atoms with Crippen molar-refractivity contribution in [1.29, 1.82) is 0 Å². The van der Waals surface area contributed by atoms with E-state index in [-0.39, 0.29) is 12.8 Å². The number of hydrogen-bond acceptors (Lipinski definition) is 12. The van der Waals surface area contributed by atoms with Crippen LogP contribution in [-0.2, 0) is 32.7 Å². The molecule has 55 heavy (non-hydrogen) atoms. The minimum Gasteiger partial charge on any atom is -0.462 e. The molecule has 1 saturated carbocycles. The van der Waals surface area contributed by atoms with Gasteiger partial charge in [0.15, 0.2) is 6.10 Å². The fourth-order valence-corrected chi connectivity index (χ4v) is 7.55. The fraction of sp³-hybridized carbons (Fsp3) is 0.902. The van der Waals surface area contributed by atoms with Crippen molar-refractivity contribution in [1.82, 2.24) is 0 Å². The standard InChI is InChI=1S/C41H77O13P/c1-3-5-7-9-11-13-15-17-19-21-23-25-27-29-34(42)51-31-33(32-52-55(49,50)54-41-39(47)37(45)36(44)38(46)40(41)48)53-35(43)30-28-26-24-22-20-18-16-14-12-10-8-6-4-2/h14,16,33,36-41,44-48H,3-13,15,17-32H2,1-2H3,(H,49,50)/b16-14-. The molecule has 0 aromatic carbocycles. The lowest BCUT2D eigenvalue weighted by Crippen LogP contribution is -2.64. The molecular weight excluding hydrogens is 731 g/mol. The van der Waals surface area contributed by atoms with Gasteiger partial charge in [-0.25, -0.2) is 4.57 Å². The maximum atomic E-state index is 12.8. The van der Waals surface area contributed by atoms with Crippen LogP contribution in [0.3, 0.4) is 0 Å². The highest BCUT2D eigenvalue weighted by Gasteiger charge is 2.51. The van der Waals surface area contributed by atoms with Crippen LogP contribution in [0.1, 0.15) is 181 Å². The van der Waals surface area contributed by atoms with E-state index in [4.69, 9.17) is 18.5 Å². The Morgan fingerprint density at radius 2 is 0.927 bits per heavy atom. The number of phosphoric acid groups is 1. The molecule has 1 fully saturated rings. The zero-order chi connectivity index (χ0) is 40.7. The lowest BCUT2D eigenvalue weighted by molar-refractivity contribution is -0.220. The van der Waals surface area contributed by atoms with Crippen molar-refractivity contribution in [2.45, 2.75) is 224 Å². The van der Waals surface area contributed by atoms with Gasteiger partial charge in [0.2, 0.25) is 0 Å². The summed E-state index contributed by atoms with van der Waals surface area (Å²) >= 11 is 0. The Morgan fingerprint density at radius 3 is 1.40 bits per heavy atom. The van der Waals surface area contributed by atoms with E-state index in [2.05, 4.69) is 26.0 Å². The van der Waals surface area contributed by atoms with Crippen molar-refractivity contribution >= 4 is 19.8 Å². The van der Waals surface area contributed by atoms with Gasteiger partial charge < -0.3 is 39.9 Å². The molecule has 6 unspecified atom stereocenters. The summed E-state index contributed by atoms with van der Waals surface area (Å²) in [6.07, 6.45) is 18.5. The Labute approximate surface area is 331 Å². The minimum absolute atomic E-state index is 0.0902. The SMILES string of the molecule is CCCCCC/C=C\CCCCCCCC(=O)OC(COC(=O)CCCCCCCCCCCCCCC)COP(=O)(O)OC1C(O)C(O)C(O)C(O)C1O. The van der Waals surface area contributed by atoms with Gasteiger partial charge in [0, 0.05) is 12.8 Å². The molecule has 0 radical (unpaired) electrons. The third-order valence-corrected chi connectivity index (χ3v) is 11.1. The first kappa shape index (κ1) is 51.6. The van der Waals surface area contributed by atoms with Gasteiger partial charge in [-0.3, -0.25) is 18.6 Å². The average Bonchev–Trinajstić information content (AvgIpc) is 3.16. The second kappa shape index (κ2) is 32.5. The third kappa shape index (κ3) is 25.5. The zero-order valence-corrected chi connectivity index (χ0v) is 34.9. The van der Waals surface area contributed by atoms with Crippen molar-refractivity contribution in [2.75, 3.05) is 13.2 Å². The van der Waals surface area contributed by atoms with E-state index in [0.717, 1.165) is 57.8 Å². The van der Waals surface area contributed by atoms with Gasteiger partial charge in [0.1, 0.15) is 43.2 Å². The molecule has 1 aliphatic rings. The molecule has 0 aromatic rings. The highest BCUT2D eigenvalue weighted by molar-refractivity contribution is 7.47. The first-order valence-electron chi connectivity index (χ1n) is 21.5. The van der Waals surface area contributed by atoms with Crippen LogP contribution >= 0.6 is 7.82 Å². The van der Waals surface area contributed by atoms with E-state index in [0.29, 0.717) is 12.8 Å². The lowest BCUT2D eigenvalue weighted by Gasteiger charge is -2.41. The predicted molar refractivity (Wildman–Crippen MR) is 212 cm³/mol. The number of aliphatic hydroxyl groups excluding tert-OH is 5. The minimum atomic E-state index is -5.11. The smallest absolute Gasteiger partial charge is 0.462 e. The van der Waals surface area contributed by atoms with Gasteiger partial charge in [0.25, 0.3) is 0 Å². The van der Waals surface area contributed by atoms with Gasteiger partial charge in [-0.05, 0) is 38.5 Å². The van der Waals surface area contributed by atoms with Crippen LogP contribution < -0.4 is 0 Å². The molecule has 0 heterocycles. The highest BCUT2D eigenvalue weighted by atomic mass is 31.2. The molecule has 13 nitrogen and oxygen atoms in total. The predicted octanol–water partition coefficient (Wildman–Crippen LogP) is 7.50. The summed E-state index contributed by atoms with van der Waals surface area (Å²) in [6, 6.07) is 0. The number of unbranched alkanes of at least 4 members (excludes halogenated alkanes) is 21. The molecule has 1 aliphatic carbocycles. The number of allylic oxidation sites excluding steroid dienone is 2. The van der Waals surface area contributed by atoms with Crippen LogP contribution in [0.25, 0.3) is 0 Å². The second-order valence-corrected chi connectivity index (χ2v) is 16.6. The molecule has 6 N–H and O–H groups in total. The number of esters is 2. The van der Waals surface area contributed by atoms with Crippen LogP contribution in [0.4, 0.5) is 0 Å². The van der Waals surface area contributed by atoms with Gasteiger partial charge in [-0.1, -0.05) is 142 Å². The number of carbonyl (C=O) groups excluding carboxylic acids is 2. The van der Waals surface area contributed by atoms with Gasteiger partial charge in [0.05, 0.1) is 6.61 Å². The quantitative estimate of drug-likeness (QED) is 0.0159. The zero-order valence-electron chi connectivity index (χ0n) is 34.0. The van der Waals surface area contributed by atoms with E-state index in [1.165, 1.54) is 83.5 Å². The molecule has 0 amide bonds. The number of hydrogen-bond donors (Lipinski definition) is 6. The van der Waals surface area contributed by atoms with Crippen molar-refractivity contribution in [3.63, 3.8) is 0 Å². The summed E-state index contributed by atoms with van der Waals surface area (Å²) in [5.74, 6) is -1.10. The average molecular weight is 809 g/mol. The highest BCUT2D eigenvalue weighted by Crippen LogP contribution is 2.47. The van der Waals surface area contributed by atoms with Crippen LogP contribution in [0.5, 0.6) is 0 Å². The first-order valence-corrected chi connectivity index (χ1v) is 23.0. The van der Waals surface area contributed by atoms with Gasteiger partial charge in [-0.2, -0.15) is 0 Å². The number of rotatable bonds is 35. The molecule has 0 aromatic heterocycles. The van der Waals surface area contributed by atoms with Crippen molar-refractivity contribution in [3.8, 4) is 0 Å². The van der Waals surface area contributed by atoms with E-state index in [1.54, 1.807) is 0 Å². The maximum Gasteiger partial charge on any atom is 0.472 e. The van der Waals surface area contributed by atoms with Crippen LogP contribution in [-0.4, -0.2) is 98.3 Å². The Morgan fingerprint density at radius 1 is 0.545 bits per heavy atom.